The highest BCUT2D eigenvalue weighted by molar-refractivity contribution is 6.19. The lowest BCUT2D eigenvalue weighted by Crippen LogP contribution is -2.17. The molecule has 61 heavy (non-hydrogen) atoms. The van der Waals surface area contributed by atoms with Crippen molar-refractivity contribution in [3.05, 3.63) is 230 Å². The van der Waals surface area contributed by atoms with Crippen LogP contribution in [0.25, 0.3) is 65.0 Å². The van der Waals surface area contributed by atoms with Crippen LogP contribution in [0.4, 0.5) is 34.1 Å². The van der Waals surface area contributed by atoms with Gasteiger partial charge in [-0.1, -0.05) is 166 Å². The van der Waals surface area contributed by atoms with Gasteiger partial charge in [0.1, 0.15) is 0 Å². The zero-order chi connectivity index (χ0) is 40.7. The number of hydrogen-bond donors (Lipinski definition) is 0. The number of hydrogen-bond acceptors (Lipinski definition) is 2. The third kappa shape index (κ3) is 5.56. The molecule has 2 nitrogen and oxygen atoms in total. The molecule has 288 valence electrons. The zero-order valence-electron chi connectivity index (χ0n) is 34.2. The molecule has 0 atom stereocenters. The smallest absolute Gasteiger partial charge is 0.0540 e. The predicted octanol–water partition coefficient (Wildman–Crippen LogP) is 16.7. The molecule has 0 N–H and O–H groups in total. The molecule has 2 heteroatoms. The van der Waals surface area contributed by atoms with Crippen LogP contribution in [0.15, 0.2) is 218 Å². The number of rotatable bonds is 6. The van der Waals surface area contributed by atoms with E-state index in [1.807, 2.05) is 0 Å². The fourth-order valence-electron chi connectivity index (χ4n) is 10.3. The van der Waals surface area contributed by atoms with E-state index in [9.17, 15) is 0 Å². The second-order valence-electron chi connectivity index (χ2n) is 16.9. The zero-order valence-corrected chi connectivity index (χ0v) is 34.2. The van der Waals surface area contributed by atoms with Crippen molar-refractivity contribution >= 4 is 88.0 Å². The standard InChI is InChI=1S/C59H42N2/c1-59(2)55-38-48(60(44-21-4-3-5-22-44)45-29-27-39-15-6-8-18-42(39)35-45)32-34-53(55)57-51-25-13-12-24-50(51)54-37-47(31-33-52(54)58(57)59)61(46-30-28-40-16-7-9-19-43(40)36-46)56-26-14-20-41-17-10-11-23-49(41)56/h3-38H,1-2H3. The van der Waals surface area contributed by atoms with E-state index in [1.54, 1.807) is 0 Å². The van der Waals surface area contributed by atoms with Crippen molar-refractivity contribution < 1.29 is 0 Å². The van der Waals surface area contributed by atoms with Crippen LogP contribution in [0.1, 0.15) is 25.0 Å². The van der Waals surface area contributed by atoms with Gasteiger partial charge in [-0.3, -0.25) is 0 Å². The Kier molecular flexibility index (Phi) is 7.92. The number of fused-ring (bicyclic) bond motifs is 11. The molecule has 0 heterocycles. The van der Waals surface area contributed by atoms with Gasteiger partial charge in [0.05, 0.1) is 5.69 Å². The Morgan fingerprint density at radius 3 is 1.56 bits per heavy atom. The van der Waals surface area contributed by atoms with E-state index >= 15 is 0 Å². The molecule has 0 bridgehead atoms. The largest absolute Gasteiger partial charge is 0.310 e. The summed E-state index contributed by atoms with van der Waals surface area (Å²) < 4.78 is 0. The molecule has 0 aromatic heterocycles. The van der Waals surface area contributed by atoms with E-state index < -0.39 is 0 Å². The highest BCUT2D eigenvalue weighted by Crippen LogP contribution is 2.56. The third-order valence-electron chi connectivity index (χ3n) is 13.1. The molecule has 11 aromatic carbocycles. The maximum Gasteiger partial charge on any atom is 0.0540 e. The minimum atomic E-state index is -0.274. The van der Waals surface area contributed by atoms with Crippen LogP contribution in [0.2, 0.25) is 0 Å². The van der Waals surface area contributed by atoms with Crippen molar-refractivity contribution in [2.45, 2.75) is 19.3 Å². The first-order valence-corrected chi connectivity index (χ1v) is 21.3. The van der Waals surface area contributed by atoms with Crippen LogP contribution in [-0.4, -0.2) is 0 Å². The molecule has 0 amide bonds. The van der Waals surface area contributed by atoms with Gasteiger partial charge in [0.15, 0.2) is 0 Å². The summed E-state index contributed by atoms with van der Waals surface area (Å²) in [5, 5.41) is 12.5. The van der Waals surface area contributed by atoms with Crippen molar-refractivity contribution in [1.82, 2.24) is 0 Å². The number of para-hydroxylation sites is 1. The van der Waals surface area contributed by atoms with Crippen LogP contribution in [0.3, 0.4) is 0 Å². The van der Waals surface area contributed by atoms with Gasteiger partial charge < -0.3 is 9.80 Å². The monoisotopic (exact) mass is 778 g/mol. The van der Waals surface area contributed by atoms with Crippen molar-refractivity contribution in [2.24, 2.45) is 0 Å². The van der Waals surface area contributed by atoms with E-state index in [0.29, 0.717) is 0 Å². The van der Waals surface area contributed by atoms with Gasteiger partial charge in [-0.2, -0.15) is 0 Å². The van der Waals surface area contributed by atoms with E-state index in [-0.39, 0.29) is 5.41 Å². The molecule has 12 rings (SSSR count). The molecular formula is C59H42N2. The molecule has 0 spiro atoms. The highest BCUT2D eigenvalue weighted by Gasteiger charge is 2.39. The summed E-state index contributed by atoms with van der Waals surface area (Å²) in [6.07, 6.45) is 0. The number of benzene rings is 11. The summed E-state index contributed by atoms with van der Waals surface area (Å²) in [4.78, 5) is 4.86. The van der Waals surface area contributed by atoms with Gasteiger partial charge in [-0.15, -0.1) is 0 Å². The second kappa shape index (κ2) is 13.7. The summed E-state index contributed by atoms with van der Waals surface area (Å²) in [6.45, 7) is 4.84. The van der Waals surface area contributed by atoms with Gasteiger partial charge >= 0.3 is 0 Å². The quantitative estimate of drug-likeness (QED) is 0.155. The molecule has 1 aliphatic rings. The molecule has 0 fully saturated rings. The summed E-state index contributed by atoms with van der Waals surface area (Å²) in [5.41, 5.74) is 12.0. The maximum atomic E-state index is 2.45. The predicted molar refractivity (Wildman–Crippen MR) is 261 cm³/mol. The van der Waals surface area contributed by atoms with Gasteiger partial charge in [0.2, 0.25) is 0 Å². The number of anilines is 6. The Hall–Kier alpha value is -7.68. The lowest BCUT2D eigenvalue weighted by Gasteiger charge is -2.29. The second-order valence-corrected chi connectivity index (χ2v) is 16.9. The Bertz CT molecular complexity index is 3520. The van der Waals surface area contributed by atoms with Gasteiger partial charge in [0.25, 0.3) is 0 Å². The van der Waals surface area contributed by atoms with E-state index in [1.165, 1.54) is 76.1 Å². The minimum absolute atomic E-state index is 0.274. The average molecular weight is 779 g/mol. The van der Waals surface area contributed by atoms with E-state index in [4.69, 9.17) is 0 Å². The van der Waals surface area contributed by atoms with Crippen molar-refractivity contribution in [3.63, 3.8) is 0 Å². The summed E-state index contributed by atoms with van der Waals surface area (Å²) in [7, 11) is 0. The van der Waals surface area contributed by atoms with Crippen LogP contribution < -0.4 is 9.80 Å². The molecule has 0 radical (unpaired) electrons. The van der Waals surface area contributed by atoms with Gasteiger partial charge in [-0.25, -0.2) is 0 Å². The van der Waals surface area contributed by atoms with Crippen molar-refractivity contribution in [1.29, 1.82) is 0 Å². The number of nitrogens with zero attached hydrogens (tertiary/aromatic N) is 2. The van der Waals surface area contributed by atoms with Gasteiger partial charge in [0, 0.05) is 39.2 Å². The Balaban J connectivity index is 1.06. The maximum absolute atomic E-state index is 2.45. The van der Waals surface area contributed by atoms with Crippen LogP contribution in [0.5, 0.6) is 0 Å². The van der Waals surface area contributed by atoms with Crippen molar-refractivity contribution in [2.75, 3.05) is 9.80 Å². The molecular weight excluding hydrogens is 737 g/mol. The first kappa shape index (κ1) is 35.3. The topological polar surface area (TPSA) is 6.48 Å². The first-order chi connectivity index (χ1) is 30.0. The SMILES string of the molecule is CC1(C)c2cc(N(c3ccccc3)c3ccc4ccccc4c3)ccc2-c2c1c1ccc(N(c3ccc4ccccc4c3)c3cccc4ccccc34)cc1c1ccccc21. The van der Waals surface area contributed by atoms with Crippen LogP contribution >= 0.6 is 0 Å². The Labute approximate surface area is 356 Å². The average Bonchev–Trinajstić information content (AvgIpc) is 3.55. The van der Waals surface area contributed by atoms with Crippen LogP contribution in [0, 0.1) is 0 Å². The van der Waals surface area contributed by atoms with Gasteiger partial charge in [-0.05, 0) is 137 Å². The summed E-state index contributed by atoms with van der Waals surface area (Å²) in [6, 6.07) is 80.4. The lowest BCUT2D eigenvalue weighted by molar-refractivity contribution is 0.666. The summed E-state index contributed by atoms with van der Waals surface area (Å²) >= 11 is 0. The Morgan fingerprint density at radius 2 is 0.836 bits per heavy atom. The lowest BCUT2D eigenvalue weighted by atomic mass is 9.79. The fourth-order valence-corrected chi connectivity index (χ4v) is 10.3. The molecule has 0 saturated heterocycles. The fraction of sp³-hybridized carbons (Fsp3) is 0.0508. The highest BCUT2D eigenvalue weighted by atomic mass is 15.1. The first-order valence-electron chi connectivity index (χ1n) is 21.3. The minimum Gasteiger partial charge on any atom is -0.310 e. The van der Waals surface area contributed by atoms with Crippen LogP contribution in [-0.2, 0) is 5.41 Å². The molecule has 0 aliphatic heterocycles. The molecule has 1 aliphatic carbocycles. The molecule has 11 aromatic rings. The summed E-state index contributed by atoms with van der Waals surface area (Å²) in [5.74, 6) is 0. The molecule has 0 saturated carbocycles. The van der Waals surface area contributed by atoms with E-state index in [2.05, 4.69) is 242 Å². The van der Waals surface area contributed by atoms with Crippen molar-refractivity contribution in [3.8, 4) is 11.1 Å². The Morgan fingerprint density at radius 1 is 0.311 bits per heavy atom. The normalized spacial score (nSPS) is 12.9. The third-order valence-corrected chi connectivity index (χ3v) is 13.1. The molecule has 0 unspecified atom stereocenters. The van der Waals surface area contributed by atoms with E-state index in [0.717, 1.165) is 34.1 Å².